The maximum atomic E-state index is 13.5. The van der Waals surface area contributed by atoms with Crippen molar-refractivity contribution in [2.75, 3.05) is 20.2 Å². The molecule has 8 rings (SSSR count). The number of methoxy groups -OCH3 is 1. The highest BCUT2D eigenvalue weighted by Gasteiger charge is 2.52. The highest BCUT2D eigenvalue weighted by atomic mass is 16.5. The molecule has 1 aliphatic carbocycles. The van der Waals surface area contributed by atoms with Crippen LogP contribution >= 0.6 is 0 Å². The summed E-state index contributed by atoms with van der Waals surface area (Å²) in [6.45, 7) is 9.06. The minimum Gasteiger partial charge on any atom is -0.496 e. The Hall–Kier alpha value is -6.83. The summed E-state index contributed by atoms with van der Waals surface area (Å²) in [6, 6.07) is 18.2. The SMILES string of the molecule is CC.COc1cccc2[nH]c(C(=O)N[C@@H](CC(C)C)C(=O)N[C@H](C#N)C[C@@H]3CCNC3=O)cc12.NC(=O)[C@@H](CC(=O)[C@@H]1[C@H]2CC[C@H](C2)N1C(=O)c1ccc2ccccc2n1)C[C@@H]1CCNC1=O. The van der Waals surface area contributed by atoms with Gasteiger partial charge in [0.2, 0.25) is 23.6 Å². The zero-order chi connectivity index (χ0) is 48.4. The van der Waals surface area contributed by atoms with Crippen LogP contribution in [0.3, 0.4) is 0 Å². The second-order valence-corrected chi connectivity index (χ2v) is 18.0. The summed E-state index contributed by atoms with van der Waals surface area (Å²) >= 11 is 0. The molecule has 5 heterocycles. The van der Waals surface area contributed by atoms with E-state index in [9.17, 15) is 38.8 Å². The number of primary amides is 1. The van der Waals surface area contributed by atoms with E-state index >= 15 is 0 Å². The number of aromatic amines is 1. The third-order valence-corrected chi connectivity index (χ3v) is 13.1. The fourth-order valence-electron chi connectivity index (χ4n) is 9.83. The Morgan fingerprint density at radius 3 is 2.25 bits per heavy atom. The van der Waals surface area contributed by atoms with Gasteiger partial charge in [-0.2, -0.15) is 5.26 Å². The molecule has 8 atom stereocenters. The van der Waals surface area contributed by atoms with E-state index in [4.69, 9.17) is 10.5 Å². The number of aromatic nitrogens is 2. The van der Waals surface area contributed by atoms with Crippen LogP contribution in [0.5, 0.6) is 5.75 Å². The van der Waals surface area contributed by atoms with Crippen molar-refractivity contribution in [1.29, 1.82) is 5.26 Å². The van der Waals surface area contributed by atoms with Gasteiger partial charge in [-0.25, -0.2) is 4.98 Å². The topological polar surface area (TPSA) is 259 Å². The Morgan fingerprint density at radius 2 is 1.61 bits per heavy atom. The number of para-hydroxylation sites is 1. The van der Waals surface area contributed by atoms with E-state index in [1.807, 2.05) is 70.2 Å². The molecule has 4 aromatic rings. The fourth-order valence-corrected chi connectivity index (χ4v) is 9.83. The molecule has 0 unspecified atom stereocenters. The van der Waals surface area contributed by atoms with E-state index < -0.39 is 41.8 Å². The maximum Gasteiger partial charge on any atom is 0.273 e. The summed E-state index contributed by atoms with van der Waals surface area (Å²) in [5.74, 6) is -2.43. The number of H-pyrrole nitrogens is 1. The summed E-state index contributed by atoms with van der Waals surface area (Å²) in [4.78, 5) is 98.0. The van der Waals surface area contributed by atoms with Crippen LogP contribution in [-0.4, -0.2) is 100 Å². The van der Waals surface area contributed by atoms with Crippen LogP contribution < -0.4 is 31.7 Å². The van der Waals surface area contributed by atoms with Crippen LogP contribution in [0.2, 0.25) is 0 Å². The number of piperidine rings is 1. The van der Waals surface area contributed by atoms with Gasteiger partial charge in [0.15, 0.2) is 5.78 Å². The molecule has 4 fully saturated rings. The van der Waals surface area contributed by atoms with Crippen molar-refractivity contribution in [3.8, 4) is 11.8 Å². The smallest absolute Gasteiger partial charge is 0.273 e. The molecular weight excluding hydrogens is 855 g/mol. The van der Waals surface area contributed by atoms with Gasteiger partial charge in [0.25, 0.3) is 11.8 Å². The van der Waals surface area contributed by atoms with E-state index in [0.717, 1.165) is 41.1 Å². The van der Waals surface area contributed by atoms with Crippen LogP contribution in [0.15, 0.2) is 60.7 Å². The first-order valence-electron chi connectivity index (χ1n) is 23.5. The van der Waals surface area contributed by atoms with E-state index in [0.29, 0.717) is 49.5 Å². The van der Waals surface area contributed by atoms with Gasteiger partial charge in [0, 0.05) is 59.6 Å². The standard InChI is InChI=1S/C25H28N4O4.C23H29N5O4.C2H6/c26-23(31)17(11-16-9-10-27-24(16)32)13-21(30)22-15-5-7-18(12-15)29(22)25(33)20-8-6-14-3-1-2-4-19(14)28-20;1-13(2)9-18(22(30)26-15(12-24)10-14-7-8-25-21(14)29)28-23(31)19-11-16-17(27-19)5-4-6-20(16)32-3;1-2/h1-4,6,8,15-18,22H,5,7,9-13H2,(H2,26,31)(H,27,32);4-6,11,13-15,18,27H,7-10H2,1-3H3,(H,25,29)(H,26,30)(H,28,31);1-2H3/t15-,16-,17+,18+,22-;14-,15-,18-;/m00./s1. The quantitative estimate of drug-likeness (QED) is 0.0903. The molecule has 0 spiro atoms. The van der Waals surface area contributed by atoms with Crippen LogP contribution in [0.1, 0.15) is 106 Å². The number of ether oxygens (including phenoxy) is 1. The van der Waals surface area contributed by atoms with E-state index in [1.165, 1.54) is 0 Å². The normalized spacial score (nSPS) is 21.7. The molecule has 2 aromatic carbocycles. The number of nitriles is 1. The Morgan fingerprint density at radius 1 is 0.910 bits per heavy atom. The number of pyridine rings is 1. The first kappa shape index (κ1) is 49.6. The summed E-state index contributed by atoms with van der Waals surface area (Å²) in [5, 5.41) is 22.2. The number of carbonyl (C=O) groups is 7. The van der Waals surface area contributed by atoms with E-state index in [1.54, 1.807) is 30.2 Å². The summed E-state index contributed by atoms with van der Waals surface area (Å²) < 4.78 is 5.34. The lowest BCUT2D eigenvalue weighted by molar-refractivity contribution is -0.132. The molecule has 4 aliphatic rings. The molecule has 356 valence electrons. The highest BCUT2D eigenvalue weighted by molar-refractivity contribution is 6.02. The fraction of sp³-hybridized carbons (Fsp3) is 0.500. The number of hydrogen-bond donors (Lipinski definition) is 6. The molecule has 1 saturated carbocycles. The van der Waals surface area contributed by atoms with Gasteiger partial charge < -0.3 is 41.6 Å². The number of likely N-dealkylation sites (tertiary alicyclic amines) is 1. The second kappa shape index (κ2) is 22.6. The minimum absolute atomic E-state index is 0.0114. The number of fused-ring (bicyclic) bond motifs is 4. The molecule has 17 nitrogen and oxygen atoms in total. The Labute approximate surface area is 390 Å². The van der Waals surface area contributed by atoms with Crippen LogP contribution in [0.4, 0.5) is 0 Å². The van der Waals surface area contributed by atoms with Crippen molar-refractivity contribution in [1.82, 2.24) is 36.1 Å². The predicted molar refractivity (Wildman–Crippen MR) is 251 cm³/mol. The van der Waals surface area contributed by atoms with Gasteiger partial charge in [-0.3, -0.25) is 33.6 Å². The summed E-state index contributed by atoms with van der Waals surface area (Å²) in [7, 11) is 1.56. The number of Topliss-reactive ketones (excluding diaryl/α,β-unsaturated/α-hetero) is 1. The van der Waals surface area contributed by atoms with Crippen molar-refractivity contribution in [3.63, 3.8) is 0 Å². The lowest BCUT2D eigenvalue weighted by atomic mass is 9.85. The lowest BCUT2D eigenvalue weighted by Gasteiger charge is -2.35. The Balaban J connectivity index is 0.000000213. The van der Waals surface area contributed by atoms with Gasteiger partial charge in [-0.1, -0.05) is 58.0 Å². The molecule has 67 heavy (non-hydrogen) atoms. The van der Waals surface area contributed by atoms with Crippen molar-refractivity contribution < 1.29 is 38.3 Å². The molecule has 0 radical (unpaired) electrons. The molecule has 2 bridgehead atoms. The zero-order valence-electron chi connectivity index (χ0n) is 38.9. The maximum absolute atomic E-state index is 13.5. The second-order valence-electron chi connectivity index (χ2n) is 18.0. The van der Waals surface area contributed by atoms with Gasteiger partial charge in [0.05, 0.1) is 24.7 Å². The predicted octanol–water partition coefficient (Wildman–Crippen LogP) is 4.70. The largest absolute Gasteiger partial charge is 0.496 e. The molecule has 17 heteroatoms. The average Bonchev–Trinajstić information content (AvgIpc) is 4.19. The number of hydrogen-bond acceptors (Lipinski definition) is 10. The molecule has 2 aromatic heterocycles. The number of benzene rings is 2. The van der Waals surface area contributed by atoms with Gasteiger partial charge in [-0.05, 0) is 93.5 Å². The van der Waals surface area contributed by atoms with E-state index in [2.05, 4.69) is 37.3 Å². The van der Waals surface area contributed by atoms with E-state index in [-0.39, 0.29) is 72.5 Å². The number of nitrogens with zero attached hydrogens (tertiary/aromatic N) is 3. The van der Waals surface area contributed by atoms with Crippen molar-refractivity contribution >= 4 is 63.0 Å². The summed E-state index contributed by atoms with van der Waals surface area (Å²) in [5.41, 5.74) is 7.73. The van der Waals surface area contributed by atoms with Crippen molar-refractivity contribution in [2.45, 2.75) is 110 Å². The summed E-state index contributed by atoms with van der Waals surface area (Å²) in [6.07, 6.45) is 4.73. The zero-order valence-corrected chi connectivity index (χ0v) is 38.9. The average molecular weight is 918 g/mol. The monoisotopic (exact) mass is 917 g/mol. The molecule has 3 saturated heterocycles. The van der Waals surface area contributed by atoms with Crippen molar-refractivity contribution in [3.05, 3.63) is 72.1 Å². The Bertz CT molecular complexity index is 2510. The number of rotatable bonds is 16. The van der Waals surface area contributed by atoms with Gasteiger partial charge in [0.1, 0.15) is 29.2 Å². The van der Waals surface area contributed by atoms with Crippen LogP contribution in [0.25, 0.3) is 21.8 Å². The molecule has 3 aliphatic heterocycles. The molecule has 6 amide bonds. The highest BCUT2D eigenvalue weighted by Crippen LogP contribution is 2.44. The lowest BCUT2D eigenvalue weighted by Crippen LogP contribution is -2.50. The van der Waals surface area contributed by atoms with Crippen LogP contribution in [-0.2, 0) is 24.0 Å². The van der Waals surface area contributed by atoms with Gasteiger partial charge >= 0.3 is 0 Å². The van der Waals surface area contributed by atoms with Gasteiger partial charge in [-0.15, -0.1) is 0 Å². The number of ketones is 1. The first-order chi connectivity index (χ1) is 32.2. The third kappa shape index (κ3) is 11.8. The number of nitrogens with two attached hydrogens (primary N) is 1. The third-order valence-electron chi connectivity index (χ3n) is 13.1. The minimum atomic E-state index is -0.816. The molecular formula is C50H63N9O8. The number of nitrogens with one attached hydrogen (secondary N) is 5. The molecule has 7 N–H and O–H groups in total. The first-order valence-corrected chi connectivity index (χ1v) is 23.5. The van der Waals surface area contributed by atoms with Crippen LogP contribution in [0, 0.1) is 40.9 Å². The number of carbonyl (C=O) groups excluding carboxylic acids is 7. The van der Waals surface area contributed by atoms with Crippen molar-refractivity contribution in [2.24, 2.45) is 35.3 Å². The number of amides is 6. The Kier molecular flexibility index (Phi) is 16.7.